The number of rotatable bonds is 7. The van der Waals surface area contributed by atoms with Gasteiger partial charge in [0.05, 0.1) is 31.2 Å². The highest BCUT2D eigenvalue weighted by Crippen LogP contribution is 2.22. The van der Waals surface area contributed by atoms with Gasteiger partial charge in [0, 0.05) is 24.8 Å². The van der Waals surface area contributed by atoms with Crippen molar-refractivity contribution in [1.82, 2.24) is 34.8 Å². The Bertz CT molecular complexity index is 1070. The summed E-state index contributed by atoms with van der Waals surface area (Å²) in [6.07, 6.45) is 2.87. The monoisotopic (exact) mass is 451 g/mol. The summed E-state index contributed by atoms with van der Waals surface area (Å²) in [5.41, 5.74) is 1.31. The van der Waals surface area contributed by atoms with E-state index in [0.29, 0.717) is 49.3 Å². The van der Waals surface area contributed by atoms with Gasteiger partial charge in [0.25, 0.3) is 5.91 Å². The molecule has 32 heavy (non-hydrogen) atoms. The number of alkyl halides is 3. The minimum absolute atomic E-state index is 0.0804. The average Bonchev–Trinajstić information content (AvgIpc) is 3.41. The standard InChI is InChI=1S/C20H24F3N7O2/c21-20(22,23)11-25-13-3-5-14(6-4-13)26-19(32)17-15-2-1-7-30(15)28-18(27-17)16-10-24-12-29(16)8-9-31/h1-2,7,10,12-14,25,31H,3-6,8-9,11H2,(H,26,32). The number of hydrogen-bond acceptors (Lipinski definition) is 6. The van der Waals surface area contributed by atoms with Crippen molar-refractivity contribution in [3.63, 3.8) is 0 Å². The molecule has 1 aliphatic rings. The maximum atomic E-state index is 13.1. The molecule has 1 aliphatic carbocycles. The van der Waals surface area contributed by atoms with Crippen molar-refractivity contribution in [1.29, 1.82) is 0 Å². The first kappa shape index (κ1) is 22.2. The molecule has 3 heterocycles. The van der Waals surface area contributed by atoms with Crippen molar-refractivity contribution in [2.45, 2.75) is 50.5 Å². The fourth-order valence-electron chi connectivity index (χ4n) is 3.96. The van der Waals surface area contributed by atoms with Crippen molar-refractivity contribution in [3.05, 3.63) is 36.5 Å². The lowest BCUT2D eigenvalue weighted by Crippen LogP contribution is -2.44. The molecule has 0 bridgehead atoms. The van der Waals surface area contributed by atoms with Gasteiger partial charge in [0.15, 0.2) is 11.5 Å². The first-order valence-electron chi connectivity index (χ1n) is 10.4. The van der Waals surface area contributed by atoms with Gasteiger partial charge in [0.1, 0.15) is 5.69 Å². The van der Waals surface area contributed by atoms with Crippen LogP contribution in [0.25, 0.3) is 17.0 Å². The fraction of sp³-hybridized carbons (Fsp3) is 0.500. The average molecular weight is 451 g/mol. The van der Waals surface area contributed by atoms with E-state index in [1.807, 2.05) is 0 Å². The van der Waals surface area contributed by atoms with E-state index in [1.54, 1.807) is 39.9 Å². The van der Waals surface area contributed by atoms with Crippen LogP contribution in [0.4, 0.5) is 13.2 Å². The van der Waals surface area contributed by atoms with Gasteiger partial charge < -0.3 is 20.3 Å². The molecule has 0 aliphatic heterocycles. The molecule has 0 radical (unpaired) electrons. The number of amides is 1. The molecule has 1 fully saturated rings. The molecule has 0 atom stereocenters. The van der Waals surface area contributed by atoms with Crippen molar-refractivity contribution in [2.24, 2.45) is 0 Å². The summed E-state index contributed by atoms with van der Waals surface area (Å²) in [7, 11) is 0. The van der Waals surface area contributed by atoms with Crippen LogP contribution < -0.4 is 10.6 Å². The van der Waals surface area contributed by atoms with Crippen LogP contribution in [-0.4, -0.2) is 66.6 Å². The second-order valence-electron chi connectivity index (χ2n) is 7.84. The molecule has 3 aromatic heterocycles. The van der Waals surface area contributed by atoms with Gasteiger partial charge in [-0.2, -0.15) is 13.2 Å². The number of aliphatic hydroxyl groups is 1. The van der Waals surface area contributed by atoms with Crippen LogP contribution in [0.2, 0.25) is 0 Å². The Kier molecular flexibility index (Phi) is 6.42. The first-order chi connectivity index (χ1) is 15.3. The molecule has 3 N–H and O–H groups in total. The molecule has 12 heteroatoms. The molecule has 0 spiro atoms. The topological polar surface area (TPSA) is 109 Å². The third-order valence-electron chi connectivity index (χ3n) is 5.54. The van der Waals surface area contributed by atoms with Gasteiger partial charge in [0.2, 0.25) is 0 Å². The number of fused-ring (bicyclic) bond motifs is 1. The van der Waals surface area contributed by atoms with Crippen molar-refractivity contribution >= 4 is 11.4 Å². The highest BCUT2D eigenvalue weighted by atomic mass is 19.4. The Labute approximate surface area is 181 Å². The molecule has 0 aromatic carbocycles. The number of carbonyl (C=O) groups excluding carboxylic acids is 1. The minimum atomic E-state index is -4.23. The van der Waals surface area contributed by atoms with E-state index in [1.165, 1.54) is 0 Å². The van der Waals surface area contributed by atoms with Gasteiger partial charge in [-0.05, 0) is 37.8 Å². The first-order valence-corrected chi connectivity index (χ1v) is 10.4. The molecule has 1 saturated carbocycles. The number of halogens is 3. The Balaban J connectivity index is 1.47. The van der Waals surface area contributed by atoms with E-state index < -0.39 is 12.7 Å². The summed E-state index contributed by atoms with van der Waals surface area (Å²) in [6.45, 7) is -0.768. The van der Waals surface area contributed by atoms with Crippen LogP contribution in [0, 0.1) is 0 Å². The molecular formula is C20H24F3N7O2. The lowest BCUT2D eigenvalue weighted by molar-refractivity contribution is -0.126. The summed E-state index contributed by atoms with van der Waals surface area (Å²) in [5.74, 6) is -0.0675. The zero-order valence-corrected chi connectivity index (χ0v) is 17.2. The van der Waals surface area contributed by atoms with E-state index in [9.17, 15) is 23.1 Å². The molecule has 3 aromatic rings. The third-order valence-corrected chi connectivity index (χ3v) is 5.54. The lowest BCUT2D eigenvalue weighted by Gasteiger charge is -2.30. The summed E-state index contributed by atoms with van der Waals surface area (Å²) >= 11 is 0. The number of aliphatic hydroxyl groups excluding tert-OH is 1. The zero-order chi connectivity index (χ0) is 22.7. The van der Waals surface area contributed by atoms with E-state index >= 15 is 0 Å². The van der Waals surface area contributed by atoms with Gasteiger partial charge in [-0.25, -0.2) is 14.5 Å². The Morgan fingerprint density at radius 2 is 1.97 bits per heavy atom. The number of hydrogen-bond donors (Lipinski definition) is 3. The van der Waals surface area contributed by atoms with E-state index in [4.69, 9.17) is 0 Å². The molecule has 4 rings (SSSR count). The van der Waals surface area contributed by atoms with Crippen molar-refractivity contribution in [3.8, 4) is 11.5 Å². The molecule has 0 unspecified atom stereocenters. The van der Waals surface area contributed by atoms with Crippen LogP contribution >= 0.6 is 0 Å². The maximum Gasteiger partial charge on any atom is 0.401 e. The Hall–Kier alpha value is -2.99. The summed E-state index contributed by atoms with van der Waals surface area (Å²) < 4.78 is 40.5. The smallest absolute Gasteiger partial charge is 0.395 e. The Morgan fingerprint density at radius 3 is 2.69 bits per heavy atom. The second kappa shape index (κ2) is 9.25. The Morgan fingerprint density at radius 1 is 1.22 bits per heavy atom. The summed E-state index contributed by atoms with van der Waals surface area (Å²) in [6, 6.07) is 3.15. The summed E-state index contributed by atoms with van der Waals surface area (Å²) in [5, 5.41) is 19.2. The molecular weight excluding hydrogens is 427 g/mol. The maximum absolute atomic E-state index is 13.1. The van der Waals surface area contributed by atoms with Crippen LogP contribution in [0.1, 0.15) is 36.2 Å². The van der Waals surface area contributed by atoms with E-state index in [2.05, 4.69) is 25.7 Å². The van der Waals surface area contributed by atoms with E-state index in [0.717, 1.165) is 0 Å². The number of imidazole rings is 1. The molecule has 172 valence electrons. The normalized spacial score (nSPS) is 19.4. The molecule has 1 amide bonds. The van der Waals surface area contributed by atoms with E-state index in [-0.39, 0.29) is 30.3 Å². The van der Waals surface area contributed by atoms with Crippen LogP contribution in [0.3, 0.4) is 0 Å². The second-order valence-corrected chi connectivity index (χ2v) is 7.84. The lowest BCUT2D eigenvalue weighted by atomic mass is 9.91. The van der Waals surface area contributed by atoms with Crippen molar-refractivity contribution in [2.75, 3.05) is 13.2 Å². The summed E-state index contributed by atoms with van der Waals surface area (Å²) in [4.78, 5) is 21.6. The number of aromatic nitrogens is 5. The van der Waals surface area contributed by atoms with Crippen LogP contribution in [-0.2, 0) is 6.54 Å². The fourth-order valence-corrected chi connectivity index (χ4v) is 3.96. The van der Waals surface area contributed by atoms with Gasteiger partial charge >= 0.3 is 6.18 Å². The van der Waals surface area contributed by atoms with Gasteiger partial charge in [-0.15, -0.1) is 5.10 Å². The zero-order valence-electron chi connectivity index (χ0n) is 17.2. The van der Waals surface area contributed by atoms with Crippen LogP contribution in [0.5, 0.6) is 0 Å². The SMILES string of the molecule is O=C(NC1CCC(NCC(F)(F)F)CC1)c1nc(-c2cncn2CCO)nn2cccc12. The van der Waals surface area contributed by atoms with Gasteiger partial charge in [-0.3, -0.25) is 4.79 Å². The van der Waals surface area contributed by atoms with Crippen LogP contribution in [0.15, 0.2) is 30.9 Å². The highest BCUT2D eigenvalue weighted by molar-refractivity contribution is 5.99. The number of nitrogens with zero attached hydrogens (tertiary/aromatic N) is 5. The highest BCUT2D eigenvalue weighted by Gasteiger charge is 2.30. The quantitative estimate of drug-likeness (QED) is 0.505. The predicted molar refractivity (Wildman–Crippen MR) is 109 cm³/mol. The minimum Gasteiger partial charge on any atom is -0.395 e. The molecule has 9 nitrogen and oxygen atoms in total. The third kappa shape index (κ3) is 5.07. The largest absolute Gasteiger partial charge is 0.401 e. The number of nitrogens with one attached hydrogen (secondary N) is 2. The molecule has 0 saturated heterocycles. The van der Waals surface area contributed by atoms with Gasteiger partial charge in [-0.1, -0.05) is 0 Å². The van der Waals surface area contributed by atoms with Crippen molar-refractivity contribution < 1.29 is 23.1 Å². The predicted octanol–water partition coefficient (Wildman–Crippen LogP) is 1.78. The number of carbonyl (C=O) groups is 1.